The minimum atomic E-state index is -3.59. The molecule has 2 rings (SSSR count). The summed E-state index contributed by atoms with van der Waals surface area (Å²) in [5, 5.41) is 6.21. The molecular weight excluding hydrogens is 324 g/mol. The summed E-state index contributed by atoms with van der Waals surface area (Å²) < 4.78 is 48.3. The van der Waals surface area contributed by atoms with E-state index in [1.807, 2.05) is 30.3 Å². The monoisotopic (exact) mass is 344 g/mol. The first-order valence-corrected chi connectivity index (χ1v) is 10.2. The molecule has 8 heteroatoms. The minimum Gasteiger partial charge on any atom is -0.229 e. The Balaban J connectivity index is 2.07. The molecule has 2 N–H and O–H groups in total. The molecule has 1 saturated heterocycles. The first-order chi connectivity index (χ1) is 10.3. The lowest BCUT2D eigenvalue weighted by atomic mass is 10.0. The maximum absolute atomic E-state index is 12.3. The van der Waals surface area contributed by atoms with Gasteiger partial charge in [0, 0.05) is 18.5 Å². The van der Waals surface area contributed by atoms with Crippen LogP contribution >= 0.6 is 0 Å². The van der Waals surface area contributed by atoms with E-state index in [0.29, 0.717) is 19.4 Å². The highest BCUT2D eigenvalue weighted by Crippen LogP contribution is 2.21. The van der Waals surface area contributed by atoms with Crippen LogP contribution in [0.2, 0.25) is 0 Å². The Kier molecular flexibility index (Phi) is 5.38. The van der Waals surface area contributed by atoms with Crippen LogP contribution in [-0.2, 0) is 20.0 Å². The summed E-state index contributed by atoms with van der Waals surface area (Å²) in [6, 6.07) is 9.14. The predicted octanol–water partition coefficient (Wildman–Crippen LogP) is 0.988. The third-order valence-corrected chi connectivity index (χ3v) is 6.01. The van der Waals surface area contributed by atoms with Gasteiger partial charge in [-0.1, -0.05) is 30.3 Å². The Hall–Kier alpha value is -1.22. The summed E-state index contributed by atoms with van der Waals surface area (Å²) in [7, 11) is -7.14. The molecule has 0 aliphatic carbocycles. The highest BCUT2D eigenvalue weighted by Gasteiger charge is 2.29. The van der Waals surface area contributed by atoms with Crippen LogP contribution in [0.1, 0.15) is 18.4 Å². The molecule has 1 fully saturated rings. The number of benzene rings is 1. The van der Waals surface area contributed by atoms with Gasteiger partial charge in [-0.25, -0.2) is 22.0 Å². The summed E-state index contributed by atoms with van der Waals surface area (Å²) in [5.41, 5.74) is 0.796. The van der Waals surface area contributed by atoms with Gasteiger partial charge < -0.3 is 0 Å². The topological polar surface area (TPSA) is 97.5 Å². The van der Waals surface area contributed by atoms with E-state index in [-0.39, 0.29) is 18.2 Å². The predicted molar refractivity (Wildman–Crippen MR) is 86.7 cm³/mol. The SMILES string of the molecule is NS(=O)(=O)CC1CCCN(S(=O)(=O)C=Cc2ccccc2)C1. The Labute approximate surface area is 131 Å². The van der Waals surface area contributed by atoms with Gasteiger partial charge in [0.1, 0.15) is 0 Å². The molecule has 1 aliphatic rings. The highest BCUT2D eigenvalue weighted by molar-refractivity contribution is 7.92. The van der Waals surface area contributed by atoms with Crippen molar-refractivity contribution in [3.63, 3.8) is 0 Å². The normalized spacial score (nSPS) is 21.2. The van der Waals surface area contributed by atoms with Crippen LogP contribution in [0.4, 0.5) is 0 Å². The number of hydrogen-bond donors (Lipinski definition) is 1. The number of nitrogens with zero attached hydrogens (tertiary/aromatic N) is 1. The zero-order valence-corrected chi connectivity index (χ0v) is 13.8. The van der Waals surface area contributed by atoms with E-state index in [2.05, 4.69) is 0 Å². The number of sulfonamides is 2. The maximum Gasteiger partial charge on any atom is 0.236 e. The standard InChI is InChI=1S/C14H20N2O4S2/c15-21(17,18)12-14-7-4-9-16(11-14)22(19,20)10-8-13-5-2-1-3-6-13/h1-3,5-6,8,10,14H,4,7,9,11-12H2,(H2,15,17,18). The van der Waals surface area contributed by atoms with Crippen molar-refractivity contribution in [3.05, 3.63) is 41.3 Å². The number of piperidine rings is 1. The largest absolute Gasteiger partial charge is 0.236 e. The number of rotatable bonds is 5. The molecule has 1 unspecified atom stereocenters. The lowest BCUT2D eigenvalue weighted by molar-refractivity contribution is 0.285. The Bertz CT molecular complexity index is 727. The lowest BCUT2D eigenvalue weighted by Crippen LogP contribution is -2.41. The fourth-order valence-electron chi connectivity index (χ4n) is 2.54. The molecule has 0 bridgehead atoms. The molecule has 1 aromatic rings. The van der Waals surface area contributed by atoms with E-state index in [0.717, 1.165) is 5.56 Å². The zero-order valence-electron chi connectivity index (χ0n) is 12.1. The number of primary sulfonamides is 1. The quantitative estimate of drug-likeness (QED) is 0.861. The van der Waals surface area contributed by atoms with E-state index in [9.17, 15) is 16.8 Å². The van der Waals surface area contributed by atoms with Crippen molar-refractivity contribution in [2.75, 3.05) is 18.8 Å². The van der Waals surface area contributed by atoms with Gasteiger partial charge in [0.2, 0.25) is 20.0 Å². The van der Waals surface area contributed by atoms with E-state index in [1.54, 1.807) is 6.08 Å². The van der Waals surface area contributed by atoms with Crippen LogP contribution in [-0.4, -0.2) is 40.0 Å². The molecule has 6 nitrogen and oxygen atoms in total. The highest BCUT2D eigenvalue weighted by atomic mass is 32.2. The first-order valence-electron chi connectivity index (χ1n) is 7.00. The third-order valence-electron chi connectivity index (χ3n) is 3.54. The molecule has 0 aromatic heterocycles. The van der Waals surface area contributed by atoms with Gasteiger partial charge in [0.25, 0.3) is 0 Å². The second-order valence-electron chi connectivity index (χ2n) is 5.45. The molecule has 1 heterocycles. The Morgan fingerprint density at radius 2 is 1.86 bits per heavy atom. The van der Waals surface area contributed by atoms with Crippen molar-refractivity contribution in [2.24, 2.45) is 11.1 Å². The lowest BCUT2D eigenvalue weighted by Gasteiger charge is -2.30. The average molecular weight is 344 g/mol. The molecule has 0 radical (unpaired) electrons. The summed E-state index contributed by atoms with van der Waals surface area (Å²) >= 11 is 0. The smallest absolute Gasteiger partial charge is 0.229 e. The van der Waals surface area contributed by atoms with Gasteiger partial charge in [0.15, 0.2) is 0 Å². The minimum absolute atomic E-state index is 0.179. The van der Waals surface area contributed by atoms with Gasteiger partial charge in [-0.2, -0.15) is 4.31 Å². The van der Waals surface area contributed by atoms with Crippen molar-refractivity contribution in [2.45, 2.75) is 12.8 Å². The molecule has 0 spiro atoms. The van der Waals surface area contributed by atoms with Crippen molar-refractivity contribution >= 4 is 26.1 Å². The van der Waals surface area contributed by atoms with Crippen molar-refractivity contribution in [1.29, 1.82) is 0 Å². The maximum atomic E-state index is 12.3. The first kappa shape index (κ1) is 17.1. The average Bonchev–Trinajstić information content (AvgIpc) is 2.45. The molecule has 0 saturated carbocycles. The van der Waals surface area contributed by atoms with Crippen LogP contribution < -0.4 is 5.14 Å². The zero-order chi connectivity index (χ0) is 16.2. The molecule has 1 aromatic carbocycles. The van der Waals surface area contributed by atoms with E-state index < -0.39 is 20.0 Å². The molecule has 1 atom stereocenters. The fraction of sp³-hybridized carbons (Fsp3) is 0.429. The second-order valence-corrected chi connectivity index (χ2v) is 8.93. The van der Waals surface area contributed by atoms with Crippen molar-refractivity contribution < 1.29 is 16.8 Å². The van der Waals surface area contributed by atoms with E-state index >= 15 is 0 Å². The van der Waals surface area contributed by atoms with Gasteiger partial charge in [-0.15, -0.1) is 0 Å². The molecule has 1 aliphatic heterocycles. The van der Waals surface area contributed by atoms with E-state index in [4.69, 9.17) is 5.14 Å². The Morgan fingerprint density at radius 3 is 2.50 bits per heavy atom. The summed E-state index contributed by atoms with van der Waals surface area (Å²) in [4.78, 5) is 0. The van der Waals surface area contributed by atoms with Crippen molar-refractivity contribution in [1.82, 2.24) is 4.31 Å². The number of nitrogens with two attached hydrogens (primary N) is 1. The molecule has 0 amide bonds. The Morgan fingerprint density at radius 1 is 1.18 bits per heavy atom. The van der Waals surface area contributed by atoms with Crippen molar-refractivity contribution in [3.8, 4) is 0 Å². The van der Waals surface area contributed by atoms with Gasteiger partial charge in [-0.3, -0.25) is 0 Å². The summed E-state index contributed by atoms with van der Waals surface area (Å²) in [6.45, 7) is 0.598. The van der Waals surface area contributed by atoms with Crippen LogP contribution in [0.25, 0.3) is 6.08 Å². The van der Waals surface area contributed by atoms with Crippen LogP contribution in [0, 0.1) is 5.92 Å². The van der Waals surface area contributed by atoms with Crippen LogP contribution in [0.15, 0.2) is 35.7 Å². The van der Waals surface area contributed by atoms with Gasteiger partial charge in [-0.05, 0) is 30.4 Å². The van der Waals surface area contributed by atoms with Crippen LogP contribution in [0.5, 0.6) is 0 Å². The van der Waals surface area contributed by atoms with Crippen LogP contribution in [0.3, 0.4) is 0 Å². The van der Waals surface area contributed by atoms with Gasteiger partial charge >= 0.3 is 0 Å². The molecule has 122 valence electrons. The third kappa shape index (κ3) is 5.20. The number of hydrogen-bond acceptors (Lipinski definition) is 4. The second kappa shape index (κ2) is 6.91. The molecule has 22 heavy (non-hydrogen) atoms. The van der Waals surface area contributed by atoms with Gasteiger partial charge in [0.05, 0.1) is 5.75 Å². The summed E-state index contributed by atoms with van der Waals surface area (Å²) in [5.74, 6) is -0.426. The van der Waals surface area contributed by atoms with E-state index in [1.165, 1.54) is 9.71 Å². The molecular formula is C14H20N2O4S2. The summed E-state index contributed by atoms with van der Waals surface area (Å²) in [6.07, 6.45) is 2.85. The fourth-order valence-corrected chi connectivity index (χ4v) is 4.77.